The molecule has 23 heavy (non-hydrogen) atoms. The maximum absolute atomic E-state index is 11.5. The van der Waals surface area contributed by atoms with Gasteiger partial charge in [-0.3, -0.25) is 9.78 Å². The Hall–Kier alpha value is -2.36. The third-order valence-corrected chi connectivity index (χ3v) is 4.47. The number of anilines is 1. The summed E-state index contributed by atoms with van der Waals surface area (Å²) in [6.45, 7) is 5.91. The van der Waals surface area contributed by atoms with E-state index in [1.54, 1.807) is 0 Å². The predicted molar refractivity (Wildman–Crippen MR) is 93.2 cm³/mol. The van der Waals surface area contributed by atoms with Gasteiger partial charge >= 0.3 is 0 Å². The maximum Gasteiger partial charge on any atom is 0.151 e. The molecule has 4 heteroatoms. The first-order valence-electron chi connectivity index (χ1n) is 8.22. The summed E-state index contributed by atoms with van der Waals surface area (Å²) in [4.78, 5) is 20.3. The summed E-state index contributed by atoms with van der Waals surface area (Å²) in [7, 11) is 0. The van der Waals surface area contributed by atoms with Gasteiger partial charge in [-0.25, -0.2) is 0 Å². The van der Waals surface area contributed by atoms with Crippen molar-refractivity contribution in [1.82, 2.24) is 9.88 Å². The van der Waals surface area contributed by atoms with Gasteiger partial charge < -0.3 is 9.80 Å². The number of nitrogens with zero attached hydrogens (tertiary/aromatic N) is 3. The van der Waals surface area contributed by atoms with E-state index in [0.717, 1.165) is 50.2 Å². The molecule has 0 bridgehead atoms. The van der Waals surface area contributed by atoms with Gasteiger partial charge in [-0.05, 0) is 30.5 Å². The Labute approximate surface area is 137 Å². The first-order valence-corrected chi connectivity index (χ1v) is 8.22. The largest absolute Gasteiger partial charge is 0.368 e. The van der Waals surface area contributed by atoms with Crippen LogP contribution in [0.25, 0.3) is 0 Å². The van der Waals surface area contributed by atoms with Crippen LogP contribution in [0.4, 0.5) is 5.69 Å². The maximum atomic E-state index is 11.5. The number of pyridine rings is 1. The summed E-state index contributed by atoms with van der Waals surface area (Å²) in [5, 5.41) is 0. The van der Waals surface area contributed by atoms with E-state index in [1.807, 2.05) is 24.5 Å². The summed E-state index contributed by atoms with van der Waals surface area (Å²) >= 11 is 0. The molecule has 1 fully saturated rings. The van der Waals surface area contributed by atoms with Crippen LogP contribution in [0.15, 0.2) is 60.1 Å². The molecule has 1 saturated heterocycles. The predicted octanol–water partition coefficient (Wildman–Crippen LogP) is 2.81. The quantitative estimate of drug-likeness (QED) is 0.805. The molecule has 0 aromatic carbocycles. The highest BCUT2D eigenvalue weighted by atomic mass is 16.1. The van der Waals surface area contributed by atoms with Crippen LogP contribution in [0.3, 0.4) is 0 Å². The molecule has 1 aromatic heterocycles. The molecular formula is C19H23N3O. The number of carbonyl (C=O) groups is 1. The molecule has 0 radical (unpaired) electrons. The molecule has 0 N–H and O–H groups in total. The van der Waals surface area contributed by atoms with Crippen molar-refractivity contribution in [2.75, 3.05) is 31.1 Å². The fraction of sp³-hybridized carbons (Fsp3) is 0.368. The van der Waals surface area contributed by atoms with Gasteiger partial charge in [0.1, 0.15) is 0 Å². The van der Waals surface area contributed by atoms with Crippen LogP contribution in [0.5, 0.6) is 0 Å². The lowest BCUT2D eigenvalue weighted by molar-refractivity contribution is -0.104. The number of carbonyl (C=O) groups excluding carboxylic acids is 1. The zero-order valence-corrected chi connectivity index (χ0v) is 13.6. The molecule has 1 aliphatic carbocycles. The van der Waals surface area contributed by atoms with Crippen molar-refractivity contribution in [3.63, 3.8) is 0 Å². The number of piperazine rings is 1. The van der Waals surface area contributed by atoms with Crippen LogP contribution in [0.2, 0.25) is 0 Å². The number of allylic oxidation sites excluding steroid dienone is 5. The lowest BCUT2D eigenvalue weighted by atomic mass is 10.00. The average Bonchev–Trinajstić information content (AvgIpc) is 2.59. The Morgan fingerprint density at radius 3 is 2.52 bits per heavy atom. The van der Waals surface area contributed by atoms with Crippen molar-refractivity contribution < 1.29 is 4.79 Å². The second kappa shape index (κ2) is 7.27. The molecular weight excluding hydrogens is 286 g/mol. The third-order valence-electron chi connectivity index (χ3n) is 4.47. The van der Waals surface area contributed by atoms with Crippen LogP contribution >= 0.6 is 0 Å². The van der Waals surface area contributed by atoms with Gasteiger partial charge in [0, 0.05) is 55.5 Å². The lowest BCUT2D eigenvalue weighted by Gasteiger charge is -2.38. The lowest BCUT2D eigenvalue weighted by Crippen LogP contribution is -2.46. The molecule has 120 valence electrons. The monoisotopic (exact) mass is 309 g/mol. The Kier molecular flexibility index (Phi) is 4.91. The topological polar surface area (TPSA) is 36.4 Å². The van der Waals surface area contributed by atoms with Crippen molar-refractivity contribution in [3.8, 4) is 0 Å². The van der Waals surface area contributed by atoms with Gasteiger partial charge in [0.05, 0.1) is 0 Å². The van der Waals surface area contributed by atoms with Gasteiger partial charge in [-0.2, -0.15) is 0 Å². The summed E-state index contributed by atoms with van der Waals surface area (Å²) in [5.41, 5.74) is 3.09. The molecule has 4 nitrogen and oxygen atoms in total. The second-order valence-corrected chi connectivity index (χ2v) is 6.11. The fourth-order valence-corrected chi connectivity index (χ4v) is 3.09. The molecule has 1 atom stereocenters. The van der Waals surface area contributed by atoms with E-state index in [9.17, 15) is 4.79 Å². The average molecular weight is 309 g/mol. The van der Waals surface area contributed by atoms with Crippen molar-refractivity contribution in [1.29, 1.82) is 0 Å². The summed E-state index contributed by atoms with van der Waals surface area (Å²) in [5.74, 6) is 0.478. The molecule has 3 rings (SSSR count). The van der Waals surface area contributed by atoms with Crippen LogP contribution in [-0.2, 0) is 4.79 Å². The highest BCUT2D eigenvalue weighted by Gasteiger charge is 2.21. The standard InChI is InChI=1S/C19H23N3O/c1-16-3-2-4-19(17(15-23)6-5-16)22-13-11-21(12-14-22)18-7-9-20-10-8-18/h2-4,6-10,15-16H,5,11-14H2,1H3. The molecule has 2 aliphatic rings. The van der Waals surface area contributed by atoms with E-state index in [0.29, 0.717) is 5.92 Å². The molecule has 1 aromatic rings. The number of hydrogen-bond donors (Lipinski definition) is 0. The molecule has 1 aliphatic heterocycles. The minimum absolute atomic E-state index is 0.478. The first kappa shape index (κ1) is 15.5. The minimum Gasteiger partial charge on any atom is -0.368 e. The Bertz CT molecular complexity index is 625. The molecule has 0 amide bonds. The van der Waals surface area contributed by atoms with E-state index >= 15 is 0 Å². The van der Waals surface area contributed by atoms with E-state index in [1.165, 1.54) is 5.69 Å². The highest BCUT2D eigenvalue weighted by molar-refractivity contribution is 5.80. The minimum atomic E-state index is 0.478. The summed E-state index contributed by atoms with van der Waals surface area (Å²) < 4.78 is 0. The van der Waals surface area contributed by atoms with Gasteiger partial charge in [0.15, 0.2) is 6.29 Å². The smallest absolute Gasteiger partial charge is 0.151 e. The zero-order valence-electron chi connectivity index (χ0n) is 13.6. The van der Waals surface area contributed by atoms with Gasteiger partial charge in [-0.15, -0.1) is 0 Å². The van der Waals surface area contributed by atoms with Crippen LogP contribution in [-0.4, -0.2) is 42.3 Å². The molecule has 2 heterocycles. The van der Waals surface area contributed by atoms with Gasteiger partial charge in [-0.1, -0.05) is 25.2 Å². The Morgan fingerprint density at radius 1 is 1.13 bits per heavy atom. The van der Waals surface area contributed by atoms with Crippen molar-refractivity contribution in [2.45, 2.75) is 13.3 Å². The van der Waals surface area contributed by atoms with Gasteiger partial charge in [0.2, 0.25) is 0 Å². The van der Waals surface area contributed by atoms with Crippen molar-refractivity contribution in [3.05, 3.63) is 60.1 Å². The fourth-order valence-electron chi connectivity index (χ4n) is 3.09. The van der Waals surface area contributed by atoms with Crippen LogP contribution in [0, 0.1) is 5.92 Å². The summed E-state index contributed by atoms with van der Waals surface area (Å²) in [6.07, 6.45) is 14.0. The van der Waals surface area contributed by atoms with E-state index in [2.05, 4.69) is 46.0 Å². The second-order valence-electron chi connectivity index (χ2n) is 6.11. The zero-order chi connectivity index (χ0) is 16.1. The third kappa shape index (κ3) is 3.70. The Morgan fingerprint density at radius 2 is 1.83 bits per heavy atom. The van der Waals surface area contributed by atoms with E-state index < -0.39 is 0 Å². The SMILES string of the molecule is CC1C=CC=C(N2CCN(c3ccncc3)CC2)C(C=O)=CC1. The van der Waals surface area contributed by atoms with E-state index in [-0.39, 0.29) is 0 Å². The molecule has 0 spiro atoms. The molecule has 1 unspecified atom stereocenters. The summed E-state index contributed by atoms with van der Waals surface area (Å²) in [6, 6.07) is 4.09. The molecule has 0 saturated carbocycles. The van der Waals surface area contributed by atoms with E-state index in [4.69, 9.17) is 0 Å². The normalized spacial score (nSPS) is 22.0. The first-order chi connectivity index (χ1) is 11.3. The number of aldehydes is 1. The van der Waals surface area contributed by atoms with Crippen LogP contribution in [0.1, 0.15) is 13.3 Å². The number of rotatable bonds is 3. The van der Waals surface area contributed by atoms with Crippen molar-refractivity contribution in [2.24, 2.45) is 5.92 Å². The number of aromatic nitrogens is 1. The van der Waals surface area contributed by atoms with Gasteiger partial charge in [0.25, 0.3) is 0 Å². The van der Waals surface area contributed by atoms with Crippen LogP contribution < -0.4 is 4.90 Å². The number of hydrogen-bond acceptors (Lipinski definition) is 4. The Balaban J connectivity index is 1.72. The highest BCUT2D eigenvalue weighted by Crippen LogP contribution is 2.23. The van der Waals surface area contributed by atoms with Crippen molar-refractivity contribution >= 4 is 12.0 Å².